The predicted molar refractivity (Wildman–Crippen MR) is 103 cm³/mol. The van der Waals surface area contributed by atoms with E-state index in [0.717, 1.165) is 11.3 Å². The highest BCUT2D eigenvalue weighted by atomic mass is 35.5. The van der Waals surface area contributed by atoms with Crippen molar-refractivity contribution in [1.82, 2.24) is 20.1 Å². The van der Waals surface area contributed by atoms with Gasteiger partial charge in [-0.3, -0.25) is 4.79 Å². The van der Waals surface area contributed by atoms with E-state index in [1.807, 2.05) is 63.2 Å². The van der Waals surface area contributed by atoms with Crippen LogP contribution in [0.1, 0.15) is 54.3 Å². The summed E-state index contributed by atoms with van der Waals surface area (Å²) in [5.41, 5.74) is 2.34. The molecule has 0 aliphatic carbocycles. The topological polar surface area (TPSA) is 59.8 Å². The number of pyridine rings is 1. The third-order valence-electron chi connectivity index (χ3n) is 4.16. The van der Waals surface area contributed by atoms with Gasteiger partial charge in [-0.15, -0.1) is 0 Å². The molecule has 0 radical (unpaired) electrons. The SMILES string of the molecule is CC(C)c1c(C(=O)NC(C)c2cccc(Cl)c2)cnn1-c1ccccn1. The highest BCUT2D eigenvalue weighted by molar-refractivity contribution is 6.30. The number of benzene rings is 1. The van der Waals surface area contributed by atoms with Crippen molar-refractivity contribution in [3.8, 4) is 5.82 Å². The zero-order valence-electron chi connectivity index (χ0n) is 15.0. The van der Waals surface area contributed by atoms with Gasteiger partial charge in [0.25, 0.3) is 5.91 Å². The Kier molecular flexibility index (Phi) is 5.38. The van der Waals surface area contributed by atoms with Gasteiger partial charge in [0.05, 0.1) is 23.5 Å². The molecule has 1 atom stereocenters. The largest absolute Gasteiger partial charge is 0.345 e. The van der Waals surface area contributed by atoms with Crippen molar-refractivity contribution in [2.75, 3.05) is 0 Å². The van der Waals surface area contributed by atoms with E-state index in [1.165, 1.54) is 0 Å². The van der Waals surface area contributed by atoms with Crippen LogP contribution in [0.25, 0.3) is 5.82 Å². The molecule has 0 saturated heterocycles. The fourth-order valence-corrected chi connectivity index (χ4v) is 3.08. The van der Waals surface area contributed by atoms with Crippen molar-refractivity contribution in [2.24, 2.45) is 0 Å². The van der Waals surface area contributed by atoms with Crippen LogP contribution in [0.4, 0.5) is 0 Å². The van der Waals surface area contributed by atoms with Gasteiger partial charge in [-0.05, 0) is 42.7 Å². The maximum atomic E-state index is 12.9. The molecule has 1 aromatic carbocycles. The summed E-state index contributed by atoms with van der Waals surface area (Å²) in [4.78, 5) is 17.2. The average molecular weight is 369 g/mol. The fourth-order valence-electron chi connectivity index (χ4n) is 2.88. The van der Waals surface area contributed by atoms with Gasteiger partial charge in [0.2, 0.25) is 0 Å². The second kappa shape index (κ2) is 7.70. The van der Waals surface area contributed by atoms with Crippen LogP contribution < -0.4 is 5.32 Å². The van der Waals surface area contributed by atoms with E-state index in [4.69, 9.17) is 11.6 Å². The second-order valence-corrected chi connectivity index (χ2v) is 6.88. The molecule has 26 heavy (non-hydrogen) atoms. The fraction of sp³-hybridized carbons (Fsp3) is 0.250. The number of hydrogen-bond donors (Lipinski definition) is 1. The van der Waals surface area contributed by atoms with Crippen molar-refractivity contribution in [3.05, 3.63) is 76.7 Å². The summed E-state index contributed by atoms with van der Waals surface area (Å²) in [6.45, 7) is 6.00. The lowest BCUT2D eigenvalue weighted by Crippen LogP contribution is -2.27. The van der Waals surface area contributed by atoms with Crippen LogP contribution in [0, 0.1) is 0 Å². The minimum absolute atomic E-state index is 0.113. The van der Waals surface area contributed by atoms with Crippen LogP contribution >= 0.6 is 11.6 Å². The quantitative estimate of drug-likeness (QED) is 0.719. The van der Waals surface area contributed by atoms with Gasteiger partial charge in [0, 0.05) is 11.2 Å². The van der Waals surface area contributed by atoms with E-state index in [0.29, 0.717) is 16.4 Å². The van der Waals surface area contributed by atoms with Crippen LogP contribution in [0.3, 0.4) is 0 Å². The van der Waals surface area contributed by atoms with Crippen molar-refractivity contribution < 1.29 is 4.79 Å². The molecule has 1 amide bonds. The van der Waals surface area contributed by atoms with E-state index in [-0.39, 0.29) is 17.9 Å². The minimum Gasteiger partial charge on any atom is -0.345 e. The standard InChI is InChI=1S/C20H21ClN4O/c1-13(2)19-17(12-23-25(19)18-9-4-5-10-22-18)20(26)24-14(3)15-7-6-8-16(21)11-15/h4-14H,1-3H3,(H,24,26). The van der Waals surface area contributed by atoms with Crippen molar-refractivity contribution >= 4 is 17.5 Å². The summed E-state index contributed by atoms with van der Waals surface area (Å²) in [6.07, 6.45) is 3.31. The van der Waals surface area contributed by atoms with Crippen LogP contribution in [0.15, 0.2) is 54.9 Å². The molecule has 1 unspecified atom stereocenters. The van der Waals surface area contributed by atoms with Crippen molar-refractivity contribution in [1.29, 1.82) is 0 Å². The first-order valence-electron chi connectivity index (χ1n) is 8.53. The summed E-state index contributed by atoms with van der Waals surface area (Å²) >= 11 is 6.05. The Bertz CT molecular complexity index is 905. The maximum Gasteiger partial charge on any atom is 0.255 e. The lowest BCUT2D eigenvalue weighted by atomic mass is 10.0. The molecule has 2 heterocycles. The molecule has 3 rings (SSSR count). The smallest absolute Gasteiger partial charge is 0.255 e. The summed E-state index contributed by atoms with van der Waals surface area (Å²) in [6, 6.07) is 12.9. The Morgan fingerprint density at radius 1 is 1.15 bits per heavy atom. The molecule has 0 aliphatic heterocycles. The van der Waals surface area contributed by atoms with Crippen LogP contribution in [-0.4, -0.2) is 20.7 Å². The number of nitrogens with one attached hydrogen (secondary N) is 1. The van der Waals surface area contributed by atoms with E-state index >= 15 is 0 Å². The summed E-state index contributed by atoms with van der Waals surface area (Å²) in [5, 5.41) is 8.07. The third kappa shape index (κ3) is 3.78. The molecule has 6 heteroatoms. The number of carbonyl (C=O) groups excluding carboxylic acids is 1. The molecule has 0 fully saturated rings. The van der Waals surface area contributed by atoms with Crippen LogP contribution in [0.2, 0.25) is 5.02 Å². The molecule has 0 bridgehead atoms. The lowest BCUT2D eigenvalue weighted by molar-refractivity contribution is 0.0938. The van der Waals surface area contributed by atoms with E-state index < -0.39 is 0 Å². The molecular weight excluding hydrogens is 348 g/mol. The molecular formula is C20H21ClN4O. The second-order valence-electron chi connectivity index (χ2n) is 6.45. The predicted octanol–water partition coefficient (Wildman–Crippen LogP) is 4.54. The first kappa shape index (κ1) is 18.1. The van der Waals surface area contributed by atoms with Gasteiger partial charge < -0.3 is 5.32 Å². The normalized spacial score (nSPS) is 12.2. The zero-order valence-corrected chi connectivity index (χ0v) is 15.7. The van der Waals surface area contributed by atoms with Gasteiger partial charge in [-0.1, -0.05) is 43.6 Å². The molecule has 0 spiro atoms. The van der Waals surface area contributed by atoms with Gasteiger partial charge in [0.1, 0.15) is 0 Å². The molecule has 134 valence electrons. The van der Waals surface area contributed by atoms with Crippen LogP contribution in [-0.2, 0) is 0 Å². The molecule has 2 aromatic heterocycles. The Labute approximate surface area is 158 Å². The van der Waals surface area contributed by atoms with E-state index in [1.54, 1.807) is 17.1 Å². The minimum atomic E-state index is -0.167. The maximum absolute atomic E-state index is 12.9. The highest BCUT2D eigenvalue weighted by Crippen LogP contribution is 2.23. The highest BCUT2D eigenvalue weighted by Gasteiger charge is 2.22. The number of halogens is 1. The zero-order chi connectivity index (χ0) is 18.7. The first-order valence-corrected chi connectivity index (χ1v) is 8.91. The molecule has 0 saturated carbocycles. The Morgan fingerprint density at radius 2 is 1.96 bits per heavy atom. The number of carbonyl (C=O) groups is 1. The Hall–Kier alpha value is -2.66. The number of nitrogens with zero attached hydrogens (tertiary/aromatic N) is 3. The van der Waals surface area contributed by atoms with Gasteiger partial charge in [-0.25, -0.2) is 9.67 Å². The first-order chi connectivity index (χ1) is 12.5. The monoisotopic (exact) mass is 368 g/mol. The van der Waals surface area contributed by atoms with E-state index in [9.17, 15) is 4.79 Å². The van der Waals surface area contributed by atoms with Gasteiger partial charge in [0.15, 0.2) is 5.82 Å². The van der Waals surface area contributed by atoms with Gasteiger partial charge in [-0.2, -0.15) is 5.10 Å². The Morgan fingerprint density at radius 3 is 2.62 bits per heavy atom. The number of amides is 1. The molecule has 0 aliphatic rings. The van der Waals surface area contributed by atoms with Gasteiger partial charge >= 0.3 is 0 Å². The van der Waals surface area contributed by atoms with Crippen molar-refractivity contribution in [3.63, 3.8) is 0 Å². The Balaban J connectivity index is 1.89. The molecule has 1 N–H and O–H groups in total. The number of hydrogen-bond acceptors (Lipinski definition) is 3. The van der Waals surface area contributed by atoms with Crippen LogP contribution in [0.5, 0.6) is 0 Å². The molecule has 3 aromatic rings. The molecule has 5 nitrogen and oxygen atoms in total. The summed E-state index contributed by atoms with van der Waals surface area (Å²) in [5.74, 6) is 0.642. The number of rotatable bonds is 5. The summed E-state index contributed by atoms with van der Waals surface area (Å²) < 4.78 is 1.73. The number of aromatic nitrogens is 3. The van der Waals surface area contributed by atoms with Crippen molar-refractivity contribution in [2.45, 2.75) is 32.7 Å². The summed E-state index contributed by atoms with van der Waals surface area (Å²) in [7, 11) is 0. The lowest BCUT2D eigenvalue weighted by Gasteiger charge is -2.16. The third-order valence-corrected chi connectivity index (χ3v) is 4.40. The van der Waals surface area contributed by atoms with E-state index in [2.05, 4.69) is 15.4 Å². The average Bonchev–Trinajstić information content (AvgIpc) is 3.08.